The largest absolute Gasteiger partial charge is 0.481 e. The summed E-state index contributed by atoms with van der Waals surface area (Å²) in [5, 5.41) is 11.8. The van der Waals surface area contributed by atoms with E-state index in [-0.39, 0.29) is 12.3 Å². The third-order valence-electron chi connectivity index (χ3n) is 3.87. The molecule has 0 bridgehead atoms. The van der Waals surface area contributed by atoms with Gasteiger partial charge in [-0.2, -0.15) is 0 Å². The number of unbranched alkanes of at least 4 members (excludes halogenated alkanes) is 2. The quantitative estimate of drug-likeness (QED) is 0.667. The van der Waals surface area contributed by atoms with E-state index in [1.807, 2.05) is 4.90 Å². The maximum absolute atomic E-state index is 12.2. The number of fused-ring (bicyclic) bond motifs is 1. The Morgan fingerprint density at radius 1 is 1.39 bits per heavy atom. The molecule has 2 N–H and O–H groups in total. The number of amides is 3. The van der Waals surface area contributed by atoms with Crippen molar-refractivity contribution in [2.24, 2.45) is 4.99 Å². The fourth-order valence-electron chi connectivity index (χ4n) is 2.62. The molecule has 2 unspecified atom stereocenters. The molecule has 0 aliphatic carbocycles. The number of carbonyl (C=O) groups is 3. The molecule has 1 fully saturated rings. The number of hydrogen-bond donors (Lipinski definition) is 2. The summed E-state index contributed by atoms with van der Waals surface area (Å²) in [6.07, 6.45) is 2.51. The molecule has 0 aromatic heterocycles. The standard InChI is InChI=1S/C14H22N4O4S/c1-3-4-5-7-18-10-11(17(2)13(22)16-12(10)21)15-14(18)23-8-6-9(19)20/h10-11H,3-8H2,1-2H3,(H,19,20)(H,16,21,22). The van der Waals surface area contributed by atoms with Crippen LogP contribution in [0.15, 0.2) is 4.99 Å². The fraction of sp³-hybridized carbons (Fsp3) is 0.714. The van der Waals surface area contributed by atoms with Gasteiger partial charge in [-0.25, -0.2) is 9.79 Å². The normalized spacial score (nSPS) is 23.7. The van der Waals surface area contributed by atoms with Gasteiger partial charge in [0.25, 0.3) is 5.91 Å². The number of rotatable bonds is 7. The summed E-state index contributed by atoms with van der Waals surface area (Å²) in [5.41, 5.74) is 0. The molecule has 2 heterocycles. The van der Waals surface area contributed by atoms with E-state index in [1.54, 1.807) is 7.05 Å². The van der Waals surface area contributed by atoms with Crippen molar-refractivity contribution >= 4 is 34.8 Å². The van der Waals surface area contributed by atoms with E-state index in [0.29, 0.717) is 17.5 Å². The zero-order chi connectivity index (χ0) is 17.0. The number of imide groups is 1. The molecule has 0 aromatic rings. The number of carbonyl (C=O) groups excluding carboxylic acids is 2. The second-order valence-corrected chi connectivity index (χ2v) is 6.63. The molecule has 23 heavy (non-hydrogen) atoms. The number of amidine groups is 1. The van der Waals surface area contributed by atoms with Crippen LogP contribution in [-0.4, -0.2) is 69.5 Å². The minimum Gasteiger partial charge on any atom is -0.481 e. The van der Waals surface area contributed by atoms with E-state index in [0.717, 1.165) is 19.3 Å². The highest BCUT2D eigenvalue weighted by molar-refractivity contribution is 8.13. The van der Waals surface area contributed by atoms with E-state index in [1.165, 1.54) is 16.7 Å². The Bertz CT molecular complexity index is 525. The van der Waals surface area contributed by atoms with Gasteiger partial charge in [0.05, 0.1) is 6.42 Å². The first kappa shape index (κ1) is 17.6. The molecule has 0 aromatic carbocycles. The average molecular weight is 342 g/mol. The van der Waals surface area contributed by atoms with Crippen molar-refractivity contribution in [2.45, 2.75) is 44.8 Å². The lowest BCUT2D eigenvalue weighted by Crippen LogP contribution is -2.63. The molecule has 2 aliphatic rings. The Labute approximate surface area is 139 Å². The van der Waals surface area contributed by atoms with Gasteiger partial charge in [-0.1, -0.05) is 31.5 Å². The van der Waals surface area contributed by atoms with Gasteiger partial charge < -0.3 is 14.9 Å². The van der Waals surface area contributed by atoms with Crippen LogP contribution in [0.4, 0.5) is 4.79 Å². The zero-order valence-electron chi connectivity index (χ0n) is 13.3. The highest BCUT2D eigenvalue weighted by Crippen LogP contribution is 2.29. The number of nitrogens with zero attached hydrogens (tertiary/aromatic N) is 3. The van der Waals surface area contributed by atoms with Crippen molar-refractivity contribution in [1.82, 2.24) is 15.1 Å². The van der Waals surface area contributed by atoms with Gasteiger partial charge in [0.1, 0.15) is 0 Å². The van der Waals surface area contributed by atoms with E-state index < -0.39 is 24.2 Å². The lowest BCUT2D eigenvalue weighted by molar-refractivity contribution is -0.136. The van der Waals surface area contributed by atoms with Crippen LogP contribution in [0, 0.1) is 0 Å². The van der Waals surface area contributed by atoms with Crippen LogP contribution in [-0.2, 0) is 9.59 Å². The van der Waals surface area contributed by atoms with Crippen LogP contribution in [0.1, 0.15) is 32.6 Å². The molecular formula is C14H22N4O4S. The molecule has 0 radical (unpaired) electrons. The van der Waals surface area contributed by atoms with E-state index in [2.05, 4.69) is 17.2 Å². The van der Waals surface area contributed by atoms with Crippen LogP contribution in [0.5, 0.6) is 0 Å². The third kappa shape index (κ3) is 3.95. The zero-order valence-corrected chi connectivity index (χ0v) is 14.1. The molecule has 9 heteroatoms. The molecule has 128 valence electrons. The first-order chi connectivity index (χ1) is 11.0. The van der Waals surface area contributed by atoms with Crippen LogP contribution < -0.4 is 5.32 Å². The number of aliphatic carboxylic acids is 1. The van der Waals surface area contributed by atoms with E-state index in [4.69, 9.17) is 5.11 Å². The average Bonchev–Trinajstić information content (AvgIpc) is 2.84. The topological polar surface area (TPSA) is 102 Å². The number of nitrogens with one attached hydrogen (secondary N) is 1. The number of likely N-dealkylation sites (N-methyl/N-ethyl adjacent to an activating group) is 1. The molecular weight excluding hydrogens is 320 g/mol. The number of thioether (sulfide) groups is 1. The third-order valence-corrected chi connectivity index (χ3v) is 4.88. The Balaban J connectivity index is 2.12. The lowest BCUT2D eigenvalue weighted by atomic mass is 10.1. The Hall–Kier alpha value is -1.77. The van der Waals surface area contributed by atoms with Crippen LogP contribution in [0.3, 0.4) is 0 Å². The number of aliphatic imine (C=N–C) groups is 1. The van der Waals surface area contributed by atoms with Crippen molar-refractivity contribution in [1.29, 1.82) is 0 Å². The lowest BCUT2D eigenvalue weighted by Gasteiger charge is -2.36. The maximum Gasteiger partial charge on any atom is 0.325 e. The Morgan fingerprint density at radius 3 is 2.78 bits per heavy atom. The predicted molar refractivity (Wildman–Crippen MR) is 87.3 cm³/mol. The van der Waals surface area contributed by atoms with Crippen molar-refractivity contribution in [3.8, 4) is 0 Å². The van der Waals surface area contributed by atoms with Gasteiger partial charge in [0.15, 0.2) is 17.4 Å². The van der Waals surface area contributed by atoms with Crippen molar-refractivity contribution in [2.75, 3.05) is 19.3 Å². The predicted octanol–water partition coefficient (Wildman–Crippen LogP) is 0.932. The molecule has 0 spiro atoms. The smallest absolute Gasteiger partial charge is 0.325 e. The SMILES string of the molecule is CCCCCN1C(SCCC(=O)O)=NC2C1C(=O)NC(=O)N2C. The molecule has 2 rings (SSSR count). The first-order valence-electron chi connectivity index (χ1n) is 7.72. The van der Waals surface area contributed by atoms with E-state index in [9.17, 15) is 14.4 Å². The number of carboxylic acids is 1. The van der Waals surface area contributed by atoms with Crippen molar-refractivity contribution < 1.29 is 19.5 Å². The summed E-state index contributed by atoms with van der Waals surface area (Å²) >= 11 is 1.33. The van der Waals surface area contributed by atoms with Crippen LogP contribution in [0.2, 0.25) is 0 Å². The highest BCUT2D eigenvalue weighted by Gasteiger charge is 2.48. The summed E-state index contributed by atoms with van der Waals surface area (Å²) in [4.78, 5) is 42.5. The molecule has 0 saturated carbocycles. The minimum atomic E-state index is -0.865. The number of carboxylic acid groups (broad SMARTS) is 1. The maximum atomic E-state index is 12.2. The van der Waals surface area contributed by atoms with Gasteiger partial charge in [-0.15, -0.1) is 0 Å². The van der Waals surface area contributed by atoms with Crippen molar-refractivity contribution in [3.63, 3.8) is 0 Å². The van der Waals surface area contributed by atoms with Gasteiger partial charge in [-0.05, 0) is 6.42 Å². The second kappa shape index (κ2) is 7.67. The highest BCUT2D eigenvalue weighted by atomic mass is 32.2. The molecule has 2 atom stereocenters. The molecule has 1 saturated heterocycles. The Morgan fingerprint density at radius 2 is 2.13 bits per heavy atom. The molecule has 2 aliphatic heterocycles. The Kier molecular flexibility index (Phi) is 5.86. The van der Waals surface area contributed by atoms with Gasteiger partial charge in [0.2, 0.25) is 0 Å². The minimum absolute atomic E-state index is 0.0305. The van der Waals surface area contributed by atoms with Crippen molar-refractivity contribution in [3.05, 3.63) is 0 Å². The van der Waals surface area contributed by atoms with E-state index >= 15 is 0 Å². The monoisotopic (exact) mass is 342 g/mol. The second-order valence-electron chi connectivity index (χ2n) is 5.57. The van der Waals surface area contributed by atoms with Gasteiger partial charge in [0, 0.05) is 19.3 Å². The fourth-order valence-corrected chi connectivity index (χ4v) is 3.63. The van der Waals surface area contributed by atoms with Gasteiger partial charge >= 0.3 is 12.0 Å². The number of hydrogen-bond acceptors (Lipinski definition) is 6. The summed E-state index contributed by atoms with van der Waals surface area (Å²) < 4.78 is 0. The molecule has 8 nitrogen and oxygen atoms in total. The number of urea groups is 1. The summed E-state index contributed by atoms with van der Waals surface area (Å²) in [6, 6.07) is -0.979. The first-order valence-corrected chi connectivity index (χ1v) is 8.71. The summed E-state index contributed by atoms with van der Waals surface area (Å²) in [5.74, 6) is -0.819. The van der Waals surface area contributed by atoms with Gasteiger partial charge in [-0.3, -0.25) is 14.9 Å². The van der Waals surface area contributed by atoms with Crippen LogP contribution >= 0.6 is 11.8 Å². The summed E-state index contributed by atoms with van der Waals surface area (Å²) in [6.45, 7) is 2.77. The van der Waals surface area contributed by atoms with Crippen LogP contribution in [0.25, 0.3) is 0 Å². The molecule has 3 amide bonds. The summed E-state index contributed by atoms with van der Waals surface area (Å²) in [7, 11) is 1.61.